The maximum Gasteiger partial charge on any atom is 0.306 e. The summed E-state index contributed by atoms with van der Waals surface area (Å²) in [6.07, 6.45) is 38.5. The molecule has 0 aliphatic rings. The predicted octanol–water partition coefficient (Wildman–Crippen LogP) is 10.6. The molecular formula is C45H85NO7. The Bertz CT molecular complexity index is 885. The molecule has 8 heteroatoms. The van der Waals surface area contributed by atoms with Crippen LogP contribution in [0.1, 0.15) is 206 Å². The molecule has 0 aliphatic carbocycles. The molecule has 0 aromatic carbocycles. The van der Waals surface area contributed by atoms with Gasteiger partial charge in [-0.05, 0) is 25.7 Å². The monoisotopic (exact) mass is 752 g/mol. The van der Waals surface area contributed by atoms with Crippen molar-refractivity contribution in [2.75, 3.05) is 41.0 Å². The van der Waals surface area contributed by atoms with Crippen molar-refractivity contribution in [2.45, 2.75) is 219 Å². The van der Waals surface area contributed by atoms with E-state index in [1.54, 1.807) is 21.1 Å². The summed E-state index contributed by atoms with van der Waals surface area (Å²) in [7, 11) is 5.39. The van der Waals surface area contributed by atoms with E-state index in [1.807, 2.05) is 6.08 Å². The number of aliphatic carboxylic acids is 1. The zero-order valence-corrected chi connectivity index (χ0v) is 35.4. The van der Waals surface area contributed by atoms with E-state index in [0.29, 0.717) is 12.8 Å². The number of ether oxygens (including phenoxy) is 3. The largest absolute Gasteiger partial charge is 0.544 e. The van der Waals surface area contributed by atoms with Gasteiger partial charge in [0.25, 0.3) is 0 Å². The van der Waals surface area contributed by atoms with Crippen molar-refractivity contribution in [1.29, 1.82) is 0 Å². The molecule has 0 rings (SSSR count). The summed E-state index contributed by atoms with van der Waals surface area (Å²) >= 11 is 0. The number of esters is 2. The van der Waals surface area contributed by atoms with Crippen LogP contribution in [0.4, 0.5) is 0 Å². The molecule has 0 saturated carbocycles. The molecule has 2 atom stereocenters. The summed E-state index contributed by atoms with van der Waals surface area (Å²) < 4.78 is 17.0. The summed E-state index contributed by atoms with van der Waals surface area (Å²) in [5.74, 6) is -1.79. The zero-order chi connectivity index (χ0) is 39.3. The van der Waals surface area contributed by atoms with Gasteiger partial charge in [-0.1, -0.05) is 174 Å². The molecule has 0 bridgehead atoms. The SMILES string of the molecule is CCCCC/C=C/CCC(=O)OC(COCCC(C(=O)[O-])[N+](C)(C)C)COC(=O)CCCCCCCCCCCCCCCCCCCCCCCC. The van der Waals surface area contributed by atoms with Crippen molar-refractivity contribution in [2.24, 2.45) is 0 Å². The summed E-state index contributed by atoms with van der Waals surface area (Å²) in [6, 6.07) is -0.725. The number of carboxylic acid groups (broad SMARTS) is 1. The molecule has 0 fully saturated rings. The fraction of sp³-hybridized carbons (Fsp3) is 0.889. The Hall–Kier alpha value is -1.93. The summed E-state index contributed by atoms with van der Waals surface area (Å²) in [4.78, 5) is 36.6. The highest BCUT2D eigenvalue weighted by molar-refractivity contribution is 5.70. The van der Waals surface area contributed by atoms with Crippen LogP contribution < -0.4 is 5.11 Å². The van der Waals surface area contributed by atoms with Crippen molar-refractivity contribution in [1.82, 2.24) is 0 Å². The van der Waals surface area contributed by atoms with E-state index in [0.717, 1.165) is 32.1 Å². The van der Waals surface area contributed by atoms with Crippen LogP contribution in [0.3, 0.4) is 0 Å². The third-order valence-corrected chi connectivity index (χ3v) is 10.2. The molecule has 0 N–H and O–H groups in total. The molecule has 0 aliphatic heterocycles. The summed E-state index contributed by atoms with van der Waals surface area (Å²) in [5.41, 5.74) is 0. The Balaban J connectivity index is 4.08. The highest BCUT2D eigenvalue weighted by atomic mass is 16.6. The van der Waals surface area contributed by atoms with Gasteiger partial charge in [0.05, 0.1) is 40.3 Å². The van der Waals surface area contributed by atoms with Gasteiger partial charge in [-0.2, -0.15) is 0 Å². The van der Waals surface area contributed by atoms with Gasteiger partial charge in [0.1, 0.15) is 12.6 Å². The molecule has 0 radical (unpaired) electrons. The van der Waals surface area contributed by atoms with E-state index in [1.165, 1.54) is 135 Å². The van der Waals surface area contributed by atoms with Gasteiger partial charge in [-0.3, -0.25) is 9.59 Å². The standard InChI is InChI=1S/C45H85NO7/c1-6-8-10-12-14-15-16-17-18-19-20-21-22-23-24-25-26-27-28-30-31-33-35-43(47)52-40-41(39-51-38-37-42(45(49)50)46(3,4)5)53-44(48)36-34-32-29-13-11-9-7-2/h29,32,41-42H,6-28,30-31,33-40H2,1-5H3/b32-29+. The molecule has 8 nitrogen and oxygen atoms in total. The number of quaternary nitrogens is 1. The van der Waals surface area contributed by atoms with E-state index < -0.39 is 18.1 Å². The quantitative estimate of drug-likeness (QED) is 0.0266. The first-order valence-electron chi connectivity index (χ1n) is 22.2. The van der Waals surface area contributed by atoms with E-state index >= 15 is 0 Å². The molecule has 53 heavy (non-hydrogen) atoms. The van der Waals surface area contributed by atoms with Crippen LogP contribution >= 0.6 is 0 Å². The Labute approximate surface area is 327 Å². The molecule has 312 valence electrons. The number of rotatable bonds is 40. The lowest BCUT2D eigenvalue weighted by molar-refractivity contribution is -0.889. The summed E-state index contributed by atoms with van der Waals surface area (Å²) in [6.45, 7) is 4.58. The second-order valence-corrected chi connectivity index (χ2v) is 16.3. The van der Waals surface area contributed by atoms with Gasteiger partial charge in [0.2, 0.25) is 0 Å². The van der Waals surface area contributed by atoms with Crippen LogP contribution in [-0.2, 0) is 28.6 Å². The number of likely N-dealkylation sites (N-methyl/N-ethyl adjacent to an activating group) is 1. The molecule has 0 aromatic heterocycles. The average Bonchev–Trinajstić information content (AvgIpc) is 3.11. The topological polar surface area (TPSA) is 102 Å². The highest BCUT2D eigenvalue weighted by Gasteiger charge is 2.25. The van der Waals surface area contributed by atoms with Gasteiger partial charge >= 0.3 is 11.9 Å². The van der Waals surface area contributed by atoms with Crippen LogP contribution in [0.2, 0.25) is 0 Å². The first-order valence-corrected chi connectivity index (χ1v) is 22.2. The van der Waals surface area contributed by atoms with E-state index in [9.17, 15) is 19.5 Å². The number of hydrogen-bond donors (Lipinski definition) is 0. The lowest BCUT2D eigenvalue weighted by Gasteiger charge is -2.34. The minimum atomic E-state index is -1.13. The normalized spacial score (nSPS) is 13.0. The maximum atomic E-state index is 12.5. The van der Waals surface area contributed by atoms with Crippen molar-refractivity contribution in [3.63, 3.8) is 0 Å². The van der Waals surface area contributed by atoms with Crippen molar-refractivity contribution >= 4 is 17.9 Å². The minimum absolute atomic E-state index is 0.0299. The number of unbranched alkanes of at least 4 members (excludes halogenated alkanes) is 24. The lowest BCUT2D eigenvalue weighted by atomic mass is 10.0. The number of carboxylic acids is 1. The zero-order valence-electron chi connectivity index (χ0n) is 35.4. The number of carbonyl (C=O) groups is 3. The van der Waals surface area contributed by atoms with Crippen molar-refractivity contribution in [3.05, 3.63) is 12.2 Å². The third kappa shape index (κ3) is 35.5. The highest BCUT2D eigenvalue weighted by Crippen LogP contribution is 2.16. The van der Waals surface area contributed by atoms with Gasteiger partial charge < -0.3 is 28.6 Å². The van der Waals surface area contributed by atoms with Crippen LogP contribution in [0.15, 0.2) is 12.2 Å². The number of hydrogen-bond acceptors (Lipinski definition) is 7. The first-order chi connectivity index (χ1) is 25.6. The van der Waals surface area contributed by atoms with Crippen molar-refractivity contribution in [3.8, 4) is 0 Å². The van der Waals surface area contributed by atoms with E-state index in [2.05, 4.69) is 19.9 Å². The van der Waals surface area contributed by atoms with Gasteiger partial charge in [0.15, 0.2) is 6.10 Å². The van der Waals surface area contributed by atoms with Gasteiger partial charge in [-0.15, -0.1) is 0 Å². The fourth-order valence-corrected chi connectivity index (χ4v) is 6.68. The van der Waals surface area contributed by atoms with Crippen molar-refractivity contribution < 1.29 is 38.2 Å². The molecular weight excluding hydrogens is 666 g/mol. The molecule has 0 heterocycles. The minimum Gasteiger partial charge on any atom is -0.544 e. The van der Waals surface area contributed by atoms with E-state index in [4.69, 9.17) is 14.2 Å². The Morgan fingerprint density at radius 1 is 0.547 bits per heavy atom. The third-order valence-electron chi connectivity index (χ3n) is 10.2. The van der Waals surface area contributed by atoms with Crippen LogP contribution in [0, 0.1) is 0 Å². The maximum absolute atomic E-state index is 12.5. The lowest BCUT2D eigenvalue weighted by Crippen LogP contribution is -2.55. The smallest absolute Gasteiger partial charge is 0.306 e. The summed E-state index contributed by atoms with van der Waals surface area (Å²) in [5, 5.41) is 11.6. The second kappa shape index (κ2) is 37.0. The van der Waals surface area contributed by atoms with Crippen LogP contribution in [-0.4, -0.2) is 75.5 Å². The second-order valence-electron chi connectivity index (χ2n) is 16.3. The van der Waals surface area contributed by atoms with Crippen LogP contribution in [0.25, 0.3) is 0 Å². The predicted molar refractivity (Wildman–Crippen MR) is 217 cm³/mol. The molecule has 0 aromatic rings. The molecule has 0 amide bonds. The first kappa shape index (κ1) is 51.1. The Kier molecular flexibility index (Phi) is 35.7. The Morgan fingerprint density at radius 2 is 0.981 bits per heavy atom. The van der Waals surface area contributed by atoms with Gasteiger partial charge in [-0.25, -0.2) is 0 Å². The molecule has 0 spiro atoms. The average molecular weight is 752 g/mol. The van der Waals surface area contributed by atoms with Crippen LogP contribution in [0.5, 0.6) is 0 Å². The Morgan fingerprint density at radius 3 is 1.43 bits per heavy atom. The van der Waals surface area contributed by atoms with Gasteiger partial charge in [0, 0.05) is 19.3 Å². The fourth-order valence-electron chi connectivity index (χ4n) is 6.68. The number of nitrogens with zero attached hydrogens (tertiary/aromatic N) is 1. The number of allylic oxidation sites excluding steroid dienone is 2. The van der Waals surface area contributed by atoms with E-state index in [-0.39, 0.29) is 49.1 Å². The molecule has 0 saturated heterocycles. The number of carbonyl (C=O) groups excluding carboxylic acids is 3. The molecule has 2 unspecified atom stereocenters.